The smallest absolute Gasteiger partial charge is 0.273 e. The summed E-state index contributed by atoms with van der Waals surface area (Å²) in [7, 11) is 0. The number of hydrogen-bond donors (Lipinski definition) is 1. The molecule has 7 heteroatoms. The van der Waals surface area contributed by atoms with Crippen molar-refractivity contribution < 1.29 is 18.8 Å². The molecule has 190 valence electrons. The second-order valence-corrected chi connectivity index (χ2v) is 10.6. The number of fused-ring (bicyclic) bond motifs is 1. The molecule has 0 bridgehead atoms. The SMILES string of the molecule is CC(C)(C)c1ccc([C@H](CNC(=O)c2cc(-c3ccc4c(c3)OCCO4)on2)N2CCCCC2)cc1. The Hall–Kier alpha value is -3.32. The highest BCUT2D eigenvalue weighted by Crippen LogP contribution is 2.35. The second-order valence-electron chi connectivity index (χ2n) is 10.6. The monoisotopic (exact) mass is 489 g/mol. The van der Waals surface area contributed by atoms with E-state index in [-0.39, 0.29) is 23.1 Å². The third-order valence-electron chi connectivity index (χ3n) is 7.02. The van der Waals surface area contributed by atoms with Crippen LogP contribution in [0.4, 0.5) is 0 Å². The van der Waals surface area contributed by atoms with Crippen LogP contribution >= 0.6 is 0 Å². The zero-order valence-corrected chi connectivity index (χ0v) is 21.4. The van der Waals surface area contributed by atoms with Crippen LogP contribution in [-0.4, -0.2) is 48.8 Å². The minimum atomic E-state index is -0.240. The van der Waals surface area contributed by atoms with Crippen LogP contribution < -0.4 is 14.8 Å². The summed E-state index contributed by atoms with van der Waals surface area (Å²) in [5, 5.41) is 7.14. The van der Waals surface area contributed by atoms with Gasteiger partial charge in [-0.3, -0.25) is 9.69 Å². The van der Waals surface area contributed by atoms with Crippen molar-refractivity contribution in [3.63, 3.8) is 0 Å². The molecule has 1 N–H and O–H groups in total. The van der Waals surface area contributed by atoms with E-state index in [1.54, 1.807) is 6.07 Å². The Kier molecular flexibility index (Phi) is 7.01. The first-order chi connectivity index (χ1) is 17.4. The quantitative estimate of drug-likeness (QED) is 0.502. The number of carbonyl (C=O) groups is 1. The van der Waals surface area contributed by atoms with Crippen LogP contribution in [0.25, 0.3) is 11.3 Å². The maximum absolute atomic E-state index is 13.0. The van der Waals surface area contributed by atoms with E-state index < -0.39 is 0 Å². The lowest BCUT2D eigenvalue weighted by Gasteiger charge is -2.35. The molecule has 1 aromatic heterocycles. The van der Waals surface area contributed by atoms with Gasteiger partial charge in [0.2, 0.25) is 0 Å². The van der Waals surface area contributed by atoms with Gasteiger partial charge in [0.25, 0.3) is 5.91 Å². The molecule has 0 aliphatic carbocycles. The lowest BCUT2D eigenvalue weighted by molar-refractivity contribution is 0.0915. The molecule has 3 aromatic rings. The largest absolute Gasteiger partial charge is 0.486 e. The van der Waals surface area contributed by atoms with Crippen LogP contribution in [0.1, 0.15) is 67.7 Å². The molecule has 0 spiro atoms. The predicted octanol–water partition coefficient (Wildman–Crippen LogP) is 5.37. The fraction of sp³-hybridized carbons (Fsp3) is 0.448. The van der Waals surface area contributed by atoms with E-state index in [4.69, 9.17) is 14.0 Å². The molecule has 7 nitrogen and oxygen atoms in total. The van der Waals surface area contributed by atoms with E-state index >= 15 is 0 Å². The summed E-state index contributed by atoms with van der Waals surface area (Å²) in [6, 6.07) is 16.2. The highest BCUT2D eigenvalue weighted by molar-refractivity contribution is 5.93. The van der Waals surface area contributed by atoms with Crippen molar-refractivity contribution in [3.8, 4) is 22.8 Å². The first kappa shape index (κ1) is 24.4. The molecular formula is C29H35N3O4. The zero-order chi connectivity index (χ0) is 25.1. The molecule has 2 aliphatic rings. The normalized spacial score (nSPS) is 17.0. The Morgan fingerprint density at radius 1 is 0.972 bits per heavy atom. The van der Waals surface area contributed by atoms with Crippen LogP contribution in [0.5, 0.6) is 11.5 Å². The van der Waals surface area contributed by atoms with Crippen molar-refractivity contribution in [2.24, 2.45) is 0 Å². The number of aromatic nitrogens is 1. The van der Waals surface area contributed by atoms with Crippen molar-refractivity contribution in [1.29, 1.82) is 0 Å². The van der Waals surface area contributed by atoms with Crippen molar-refractivity contribution in [3.05, 3.63) is 65.4 Å². The number of amides is 1. The van der Waals surface area contributed by atoms with Gasteiger partial charge in [-0.05, 0) is 60.7 Å². The Balaban J connectivity index is 1.29. The molecule has 1 fully saturated rings. The molecule has 1 atom stereocenters. The topological polar surface area (TPSA) is 76.8 Å². The van der Waals surface area contributed by atoms with E-state index in [9.17, 15) is 4.79 Å². The van der Waals surface area contributed by atoms with Crippen LogP contribution in [-0.2, 0) is 5.41 Å². The molecule has 36 heavy (non-hydrogen) atoms. The van der Waals surface area contributed by atoms with Gasteiger partial charge >= 0.3 is 0 Å². The molecular weight excluding hydrogens is 454 g/mol. The van der Waals surface area contributed by atoms with Gasteiger partial charge in [0.05, 0.1) is 6.04 Å². The fourth-order valence-corrected chi connectivity index (χ4v) is 4.89. The molecule has 2 aliphatic heterocycles. The van der Waals surface area contributed by atoms with Crippen molar-refractivity contribution in [2.75, 3.05) is 32.8 Å². The van der Waals surface area contributed by atoms with Crippen LogP contribution in [0, 0.1) is 0 Å². The summed E-state index contributed by atoms with van der Waals surface area (Å²) in [5.74, 6) is 1.66. The minimum Gasteiger partial charge on any atom is -0.486 e. The summed E-state index contributed by atoms with van der Waals surface area (Å²) < 4.78 is 16.7. The van der Waals surface area contributed by atoms with Gasteiger partial charge in [0.1, 0.15) is 13.2 Å². The van der Waals surface area contributed by atoms with Gasteiger partial charge in [0, 0.05) is 18.2 Å². The van der Waals surface area contributed by atoms with E-state index in [1.165, 1.54) is 30.4 Å². The summed E-state index contributed by atoms with van der Waals surface area (Å²) >= 11 is 0. The molecule has 0 saturated carbocycles. The Labute approximate surface area is 212 Å². The van der Waals surface area contributed by atoms with E-state index in [0.717, 1.165) is 18.7 Å². The van der Waals surface area contributed by atoms with Crippen LogP contribution in [0.15, 0.2) is 53.1 Å². The Bertz CT molecular complexity index is 1190. The Morgan fingerprint density at radius 2 is 1.69 bits per heavy atom. The lowest BCUT2D eigenvalue weighted by atomic mass is 9.86. The standard InChI is InChI=1S/C29H35N3O4/c1-29(2,3)22-10-7-20(8-11-22)24(32-13-5-4-6-14-32)19-30-28(33)23-18-26(36-31-23)21-9-12-25-27(17-21)35-16-15-34-25/h7-12,17-18,24H,4-6,13-16,19H2,1-3H3,(H,30,33)/t24-/m0/s1. The number of nitrogens with zero attached hydrogens (tertiary/aromatic N) is 2. The molecule has 2 aromatic carbocycles. The van der Waals surface area contributed by atoms with Gasteiger partial charge in [-0.2, -0.15) is 0 Å². The number of likely N-dealkylation sites (tertiary alicyclic amines) is 1. The highest BCUT2D eigenvalue weighted by atomic mass is 16.6. The third kappa shape index (κ3) is 5.41. The number of benzene rings is 2. The highest BCUT2D eigenvalue weighted by Gasteiger charge is 2.25. The zero-order valence-electron chi connectivity index (χ0n) is 21.4. The lowest BCUT2D eigenvalue weighted by Crippen LogP contribution is -2.40. The molecule has 1 amide bonds. The average Bonchev–Trinajstić information content (AvgIpc) is 3.39. The molecule has 0 radical (unpaired) electrons. The number of nitrogens with one attached hydrogen (secondary N) is 1. The fourth-order valence-electron chi connectivity index (χ4n) is 4.89. The predicted molar refractivity (Wildman–Crippen MR) is 139 cm³/mol. The summed E-state index contributed by atoms with van der Waals surface area (Å²) in [4.78, 5) is 15.5. The van der Waals surface area contributed by atoms with E-state index in [1.807, 2.05) is 18.2 Å². The minimum absolute atomic E-state index is 0.106. The number of rotatable bonds is 6. The average molecular weight is 490 g/mol. The second kappa shape index (κ2) is 10.3. The van der Waals surface area contributed by atoms with Crippen molar-refractivity contribution in [2.45, 2.75) is 51.5 Å². The van der Waals surface area contributed by atoms with Crippen molar-refractivity contribution in [1.82, 2.24) is 15.4 Å². The first-order valence-electron chi connectivity index (χ1n) is 12.9. The molecule has 5 rings (SSSR count). The van der Waals surface area contributed by atoms with Gasteiger partial charge in [-0.15, -0.1) is 0 Å². The van der Waals surface area contributed by atoms with Crippen molar-refractivity contribution >= 4 is 5.91 Å². The van der Waals surface area contributed by atoms with Gasteiger partial charge < -0.3 is 19.3 Å². The molecule has 1 saturated heterocycles. The van der Waals surface area contributed by atoms with Gasteiger partial charge in [0.15, 0.2) is 23.0 Å². The van der Waals surface area contributed by atoms with Gasteiger partial charge in [-0.1, -0.05) is 56.6 Å². The maximum atomic E-state index is 13.0. The van der Waals surface area contributed by atoms with E-state index in [0.29, 0.717) is 37.0 Å². The summed E-state index contributed by atoms with van der Waals surface area (Å²) in [6.45, 7) is 10.3. The van der Waals surface area contributed by atoms with Gasteiger partial charge in [-0.25, -0.2) is 0 Å². The number of ether oxygens (including phenoxy) is 2. The summed E-state index contributed by atoms with van der Waals surface area (Å²) in [5.41, 5.74) is 3.69. The summed E-state index contributed by atoms with van der Waals surface area (Å²) in [6.07, 6.45) is 3.64. The molecule has 3 heterocycles. The van der Waals surface area contributed by atoms with E-state index in [2.05, 4.69) is 60.4 Å². The van der Waals surface area contributed by atoms with Crippen LogP contribution in [0.2, 0.25) is 0 Å². The maximum Gasteiger partial charge on any atom is 0.273 e. The number of piperidine rings is 1. The molecule has 0 unspecified atom stereocenters. The number of hydrogen-bond acceptors (Lipinski definition) is 6. The third-order valence-corrected chi connectivity index (χ3v) is 7.02. The Morgan fingerprint density at radius 3 is 2.42 bits per heavy atom. The van der Waals surface area contributed by atoms with Crippen LogP contribution in [0.3, 0.4) is 0 Å². The number of carbonyl (C=O) groups excluding carboxylic acids is 1. The first-order valence-corrected chi connectivity index (χ1v) is 12.9.